The summed E-state index contributed by atoms with van der Waals surface area (Å²) in [5.74, 6) is 4.31. The van der Waals surface area contributed by atoms with E-state index in [0.29, 0.717) is 6.54 Å². The highest BCUT2D eigenvalue weighted by molar-refractivity contribution is 5.90. The second kappa shape index (κ2) is 6.31. The summed E-state index contributed by atoms with van der Waals surface area (Å²) in [6, 6.07) is 7.35. The van der Waals surface area contributed by atoms with Gasteiger partial charge in [-0.3, -0.25) is 10.0 Å². The molecule has 1 aromatic rings. The largest absolute Gasteiger partial charge is 0.305 e. The predicted octanol–water partition coefficient (Wildman–Crippen LogP) is 1.03. The summed E-state index contributed by atoms with van der Waals surface area (Å²) in [5, 5.41) is 15.1. The maximum atomic E-state index is 10.7. The lowest BCUT2D eigenvalue weighted by Gasteiger charge is -1.96. The van der Waals surface area contributed by atoms with E-state index < -0.39 is 5.91 Å². The highest BCUT2D eigenvalue weighted by Crippen LogP contribution is 2.07. The van der Waals surface area contributed by atoms with Gasteiger partial charge in [-0.05, 0) is 17.2 Å². The molecule has 0 heterocycles. The fraction of sp³-hybridized carbons (Fsp3) is 0.100. The number of hydrogen-bond acceptors (Lipinski definition) is 4. The van der Waals surface area contributed by atoms with E-state index in [1.807, 2.05) is 24.3 Å². The Morgan fingerprint density at radius 2 is 2.12 bits per heavy atom. The number of nitrogens with zero attached hydrogens (tertiary/aromatic N) is 2. The van der Waals surface area contributed by atoms with Crippen molar-refractivity contribution >= 4 is 12.0 Å². The Balaban J connectivity index is 2.64. The Hall–Kier alpha value is -2.21. The van der Waals surface area contributed by atoms with Crippen LogP contribution in [0.1, 0.15) is 11.1 Å². The van der Waals surface area contributed by atoms with Gasteiger partial charge in [0.1, 0.15) is 0 Å². The molecule has 0 fully saturated rings. The third kappa shape index (κ3) is 3.89. The zero-order valence-electron chi connectivity index (χ0n) is 8.50. The number of hydroxylamine groups is 1. The summed E-state index contributed by atoms with van der Waals surface area (Å²) < 4.78 is 0. The standard InChI is InChI=1S/C10H12N4O2/c11-14-12-7-9-3-1-8(2-4-9)5-6-10(15)13-16/h1-6,16H,7H2,(H2,11,12)(H,13,15)/b6-5+. The predicted molar refractivity (Wildman–Crippen MR) is 58.2 cm³/mol. The van der Waals surface area contributed by atoms with Crippen LogP contribution in [0.5, 0.6) is 0 Å². The molecule has 0 atom stereocenters. The van der Waals surface area contributed by atoms with Crippen molar-refractivity contribution in [2.75, 3.05) is 0 Å². The van der Waals surface area contributed by atoms with E-state index in [9.17, 15) is 4.79 Å². The van der Waals surface area contributed by atoms with E-state index in [-0.39, 0.29) is 0 Å². The van der Waals surface area contributed by atoms with Crippen molar-refractivity contribution < 1.29 is 10.0 Å². The molecule has 1 rings (SSSR count). The van der Waals surface area contributed by atoms with Crippen molar-refractivity contribution in [2.45, 2.75) is 6.54 Å². The highest BCUT2D eigenvalue weighted by atomic mass is 16.5. The van der Waals surface area contributed by atoms with Crippen LogP contribution in [0, 0.1) is 0 Å². The summed E-state index contributed by atoms with van der Waals surface area (Å²) in [6.07, 6.45) is 2.81. The molecule has 0 spiro atoms. The topological polar surface area (TPSA) is 100 Å². The zero-order valence-corrected chi connectivity index (χ0v) is 8.50. The van der Waals surface area contributed by atoms with Gasteiger partial charge in [-0.25, -0.2) is 5.48 Å². The second-order valence-corrected chi connectivity index (χ2v) is 2.97. The second-order valence-electron chi connectivity index (χ2n) is 2.97. The average Bonchev–Trinajstić information content (AvgIpc) is 2.34. The molecular formula is C10H12N4O2. The molecule has 0 aliphatic rings. The van der Waals surface area contributed by atoms with Gasteiger partial charge in [-0.1, -0.05) is 29.5 Å². The summed E-state index contributed by atoms with van der Waals surface area (Å²) in [6.45, 7) is 0.428. The first-order valence-corrected chi connectivity index (χ1v) is 4.54. The fourth-order valence-electron chi connectivity index (χ4n) is 1.07. The summed E-state index contributed by atoms with van der Waals surface area (Å²) in [4.78, 5) is 10.7. The summed E-state index contributed by atoms with van der Waals surface area (Å²) in [7, 11) is 0. The molecule has 0 aliphatic heterocycles. The van der Waals surface area contributed by atoms with Crippen LogP contribution in [0.15, 0.2) is 40.7 Å². The van der Waals surface area contributed by atoms with Crippen molar-refractivity contribution in [1.29, 1.82) is 0 Å². The minimum Gasteiger partial charge on any atom is -0.305 e. The molecule has 6 nitrogen and oxygen atoms in total. The van der Waals surface area contributed by atoms with Gasteiger partial charge in [-0.2, -0.15) is 5.11 Å². The first-order chi connectivity index (χ1) is 7.76. The molecular weight excluding hydrogens is 208 g/mol. The number of benzene rings is 1. The van der Waals surface area contributed by atoms with E-state index in [1.165, 1.54) is 11.6 Å². The summed E-state index contributed by atoms with van der Waals surface area (Å²) in [5.41, 5.74) is 3.32. The van der Waals surface area contributed by atoms with Crippen molar-refractivity contribution in [3.63, 3.8) is 0 Å². The molecule has 1 aromatic carbocycles. The molecule has 0 unspecified atom stereocenters. The van der Waals surface area contributed by atoms with Crippen LogP contribution < -0.4 is 11.3 Å². The van der Waals surface area contributed by atoms with Gasteiger partial charge in [0.25, 0.3) is 5.91 Å². The van der Waals surface area contributed by atoms with Gasteiger partial charge in [0.15, 0.2) is 0 Å². The number of amides is 1. The molecule has 0 aliphatic carbocycles. The van der Waals surface area contributed by atoms with Gasteiger partial charge < -0.3 is 5.84 Å². The highest BCUT2D eigenvalue weighted by Gasteiger charge is 1.93. The van der Waals surface area contributed by atoms with Crippen LogP contribution in [0.4, 0.5) is 0 Å². The van der Waals surface area contributed by atoms with Crippen molar-refractivity contribution in [3.8, 4) is 0 Å². The molecule has 1 amide bonds. The number of nitrogens with two attached hydrogens (primary N) is 1. The zero-order chi connectivity index (χ0) is 11.8. The van der Waals surface area contributed by atoms with Crippen molar-refractivity contribution in [2.24, 2.45) is 16.2 Å². The molecule has 0 bridgehead atoms. The third-order valence-electron chi connectivity index (χ3n) is 1.85. The molecule has 16 heavy (non-hydrogen) atoms. The quantitative estimate of drug-likeness (QED) is 0.232. The Morgan fingerprint density at radius 3 is 2.69 bits per heavy atom. The lowest BCUT2D eigenvalue weighted by molar-refractivity contribution is -0.124. The van der Waals surface area contributed by atoms with Crippen LogP contribution >= 0.6 is 0 Å². The van der Waals surface area contributed by atoms with Gasteiger partial charge in [0.2, 0.25) is 0 Å². The monoisotopic (exact) mass is 220 g/mol. The lowest BCUT2D eigenvalue weighted by atomic mass is 10.1. The number of nitrogens with one attached hydrogen (secondary N) is 1. The maximum Gasteiger partial charge on any atom is 0.267 e. The normalized spacial score (nSPS) is 11.1. The Bertz CT molecular complexity index is 398. The molecule has 0 saturated heterocycles. The maximum absolute atomic E-state index is 10.7. The van der Waals surface area contributed by atoms with E-state index in [1.54, 1.807) is 6.08 Å². The number of hydrogen-bond donors (Lipinski definition) is 3. The Kier molecular flexibility index (Phi) is 4.68. The van der Waals surface area contributed by atoms with E-state index in [0.717, 1.165) is 11.1 Å². The van der Waals surface area contributed by atoms with Crippen LogP contribution in [-0.4, -0.2) is 11.1 Å². The van der Waals surface area contributed by atoms with E-state index >= 15 is 0 Å². The van der Waals surface area contributed by atoms with Crippen molar-refractivity contribution in [3.05, 3.63) is 41.5 Å². The molecule has 0 aromatic heterocycles. The third-order valence-corrected chi connectivity index (χ3v) is 1.85. The first kappa shape index (κ1) is 11.9. The average molecular weight is 220 g/mol. The SMILES string of the molecule is NN=NCc1ccc(/C=C/C(=O)NO)cc1. The van der Waals surface area contributed by atoms with Crippen LogP contribution in [0.3, 0.4) is 0 Å². The van der Waals surface area contributed by atoms with E-state index in [2.05, 4.69) is 10.3 Å². The molecule has 0 radical (unpaired) electrons. The molecule has 0 saturated carbocycles. The van der Waals surface area contributed by atoms with Crippen LogP contribution in [-0.2, 0) is 11.3 Å². The van der Waals surface area contributed by atoms with E-state index in [4.69, 9.17) is 11.0 Å². The van der Waals surface area contributed by atoms with Gasteiger partial charge in [0, 0.05) is 6.08 Å². The molecule has 6 heteroatoms. The Labute approximate surface area is 92.4 Å². The van der Waals surface area contributed by atoms with Gasteiger partial charge in [-0.15, -0.1) is 0 Å². The van der Waals surface area contributed by atoms with Crippen molar-refractivity contribution in [1.82, 2.24) is 5.48 Å². The minimum absolute atomic E-state index is 0.428. The minimum atomic E-state index is -0.569. The van der Waals surface area contributed by atoms with Gasteiger partial charge in [0.05, 0.1) is 6.54 Å². The Morgan fingerprint density at radius 1 is 1.44 bits per heavy atom. The number of rotatable bonds is 4. The molecule has 84 valence electrons. The smallest absolute Gasteiger partial charge is 0.267 e. The fourth-order valence-corrected chi connectivity index (χ4v) is 1.07. The van der Waals surface area contributed by atoms with Crippen LogP contribution in [0.2, 0.25) is 0 Å². The number of carbonyl (C=O) groups excluding carboxylic acids is 1. The number of carbonyl (C=O) groups is 1. The molecule has 4 N–H and O–H groups in total. The van der Waals surface area contributed by atoms with Crippen LogP contribution in [0.25, 0.3) is 6.08 Å². The first-order valence-electron chi connectivity index (χ1n) is 4.54. The summed E-state index contributed by atoms with van der Waals surface area (Å²) >= 11 is 0. The lowest BCUT2D eigenvalue weighted by Crippen LogP contribution is -2.14. The van der Waals surface area contributed by atoms with Gasteiger partial charge >= 0.3 is 0 Å².